The fourth-order valence-corrected chi connectivity index (χ4v) is 0.520. The van der Waals surface area contributed by atoms with E-state index in [1.165, 1.54) is 0 Å². The molecule has 0 rings (SSSR count). The lowest BCUT2D eigenvalue weighted by atomic mass is 10.2. The predicted octanol–water partition coefficient (Wildman–Crippen LogP) is 0.579. The van der Waals surface area contributed by atoms with E-state index < -0.39 is 0 Å². The van der Waals surface area contributed by atoms with E-state index in [2.05, 4.69) is 26.1 Å². The molecule has 0 aromatic carbocycles. The van der Waals surface area contributed by atoms with Gasteiger partial charge in [-0.3, -0.25) is 0 Å². The van der Waals surface area contributed by atoms with Crippen LogP contribution in [0.1, 0.15) is 20.8 Å². The van der Waals surface area contributed by atoms with Crippen molar-refractivity contribution in [3.63, 3.8) is 0 Å². The highest BCUT2D eigenvalue weighted by Gasteiger charge is 1.97. The van der Waals surface area contributed by atoms with E-state index in [4.69, 9.17) is 5.73 Å². The van der Waals surface area contributed by atoms with E-state index >= 15 is 0 Å². The third-order valence-corrected chi connectivity index (χ3v) is 1.23. The Bertz CT molecular complexity index is 61.9. The molecule has 0 aliphatic carbocycles. The van der Waals surface area contributed by atoms with Gasteiger partial charge < -0.3 is 11.1 Å². The number of rotatable bonds is 4. The number of hydrogen-bond acceptors (Lipinski definition) is 2. The van der Waals surface area contributed by atoms with Gasteiger partial charge in [0, 0.05) is 12.6 Å². The van der Waals surface area contributed by atoms with E-state index in [0.29, 0.717) is 6.04 Å². The topological polar surface area (TPSA) is 38.0 Å². The molecule has 2 heteroatoms. The van der Waals surface area contributed by atoms with Crippen molar-refractivity contribution in [3.05, 3.63) is 0 Å². The SMILES string of the molecule is CC(C)CN[C@H](C)CN. The summed E-state index contributed by atoms with van der Waals surface area (Å²) in [7, 11) is 0. The summed E-state index contributed by atoms with van der Waals surface area (Å²) in [4.78, 5) is 0. The van der Waals surface area contributed by atoms with E-state index in [0.717, 1.165) is 19.0 Å². The first-order valence-corrected chi connectivity index (χ1v) is 3.60. The lowest BCUT2D eigenvalue weighted by molar-refractivity contribution is 0.489. The molecule has 9 heavy (non-hydrogen) atoms. The van der Waals surface area contributed by atoms with Crippen molar-refractivity contribution in [1.29, 1.82) is 0 Å². The zero-order chi connectivity index (χ0) is 7.28. The molecule has 0 aliphatic heterocycles. The van der Waals surface area contributed by atoms with Crippen LogP contribution in [0.5, 0.6) is 0 Å². The highest BCUT2D eigenvalue weighted by Crippen LogP contribution is 1.88. The Morgan fingerprint density at radius 1 is 1.33 bits per heavy atom. The molecule has 0 aromatic heterocycles. The van der Waals surface area contributed by atoms with Crippen LogP contribution in [0, 0.1) is 5.92 Å². The van der Waals surface area contributed by atoms with Crippen LogP contribution in [0.3, 0.4) is 0 Å². The molecule has 0 amide bonds. The van der Waals surface area contributed by atoms with Crippen molar-refractivity contribution in [1.82, 2.24) is 5.32 Å². The summed E-state index contributed by atoms with van der Waals surface area (Å²) in [6.07, 6.45) is 0. The average molecular weight is 130 g/mol. The van der Waals surface area contributed by atoms with E-state index in [9.17, 15) is 0 Å². The van der Waals surface area contributed by atoms with Crippen LogP contribution in [-0.4, -0.2) is 19.1 Å². The van der Waals surface area contributed by atoms with Gasteiger partial charge in [-0.1, -0.05) is 13.8 Å². The second-order valence-electron chi connectivity index (χ2n) is 2.94. The van der Waals surface area contributed by atoms with Crippen molar-refractivity contribution < 1.29 is 0 Å². The summed E-state index contributed by atoms with van der Waals surface area (Å²) in [5.41, 5.74) is 5.40. The third kappa shape index (κ3) is 5.80. The van der Waals surface area contributed by atoms with Crippen LogP contribution in [0.2, 0.25) is 0 Å². The zero-order valence-corrected chi connectivity index (χ0v) is 6.65. The molecular formula is C7H18N2. The summed E-state index contributed by atoms with van der Waals surface area (Å²) in [6.45, 7) is 8.28. The minimum atomic E-state index is 0.465. The van der Waals surface area contributed by atoms with Gasteiger partial charge in [-0.2, -0.15) is 0 Å². The monoisotopic (exact) mass is 130 g/mol. The molecule has 0 fully saturated rings. The smallest absolute Gasteiger partial charge is 0.0162 e. The Kier molecular flexibility index (Phi) is 4.72. The largest absolute Gasteiger partial charge is 0.329 e. The normalized spacial score (nSPS) is 14.3. The molecule has 0 aliphatic rings. The molecular weight excluding hydrogens is 112 g/mol. The Labute approximate surface area is 57.8 Å². The van der Waals surface area contributed by atoms with Crippen LogP contribution in [0.15, 0.2) is 0 Å². The first kappa shape index (κ1) is 8.92. The molecule has 0 saturated heterocycles. The quantitative estimate of drug-likeness (QED) is 0.584. The van der Waals surface area contributed by atoms with Gasteiger partial charge in [0.05, 0.1) is 0 Å². The lowest BCUT2D eigenvalue weighted by Crippen LogP contribution is -2.35. The van der Waals surface area contributed by atoms with Crippen molar-refractivity contribution in [2.24, 2.45) is 11.7 Å². The highest BCUT2D eigenvalue weighted by molar-refractivity contribution is 4.61. The van der Waals surface area contributed by atoms with Gasteiger partial charge in [0.15, 0.2) is 0 Å². The Balaban J connectivity index is 3.06. The summed E-state index contributed by atoms with van der Waals surface area (Å²) in [5, 5.41) is 3.31. The minimum Gasteiger partial charge on any atom is -0.329 e. The number of nitrogens with one attached hydrogen (secondary N) is 1. The van der Waals surface area contributed by atoms with Crippen molar-refractivity contribution in [2.75, 3.05) is 13.1 Å². The van der Waals surface area contributed by atoms with Crippen LogP contribution in [0.25, 0.3) is 0 Å². The average Bonchev–Trinajstić information content (AvgIpc) is 1.83. The van der Waals surface area contributed by atoms with Crippen LogP contribution in [0.4, 0.5) is 0 Å². The first-order chi connectivity index (χ1) is 4.16. The fourth-order valence-electron chi connectivity index (χ4n) is 0.520. The van der Waals surface area contributed by atoms with Crippen LogP contribution in [-0.2, 0) is 0 Å². The molecule has 56 valence electrons. The molecule has 2 nitrogen and oxygen atoms in total. The summed E-state index contributed by atoms with van der Waals surface area (Å²) < 4.78 is 0. The molecule has 0 unspecified atom stereocenters. The molecule has 0 spiro atoms. The van der Waals surface area contributed by atoms with Crippen LogP contribution < -0.4 is 11.1 Å². The van der Waals surface area contributed by atoms with Gasteiger partial charge in [0.25, 0.3) is 0 Å². The summed E-state index contributed by atoms with van der Waals surface area (Å²) in [5.74, 6) is 0.721. The van der Waals surface area contributed by atoms with E-state index in [-0.39, 0.29) is 0 Å². The number of nitrogens with two attached hydrogens (primary N) is 1. The predicted molar refractivity (Wildman–Crippen MR) is 41.4 cm³/mol. The molecule has 0 radical (unpaired) electrons. The second-order valence-corrected chi connectivity index (χ2v) is 2.94. The number of hydrogen-bond donors (Lipinski definition) is 2. The fraction of sp³-hybridized carbons (Fsp3) is 1.00. The molecule has 0 saturated carbocycles. The van der Waals surface area contributed by atoms with Crippen molar-refractivity contribution in [2.45, 2.75) is 26.8 Å². The summed E-state index contributed by atoms with van der Waals surface area (Å²) >= 11 is 0. The first-order valence-electron chi connectivity index (χ1n) is 3.60. The second kappa shape index (κ2) is 4.77. The zero-order valence-electron chi connectivity index (χ0n) is 6.65. The van der Waals surface area contributed by atoms with Gasteiger partial charge in [-0.25, -0.2) is 0 Å². The maximum atomic E-state index is 5.40. The lowest BCUT2D eigenvalue weighted by Gasteiger charge is -2.12. The molecule has 0 heterocycles. The van der Waals surface area contributed by atoms with E-state index in [1.807, 2.05) is 0 Å². The minimum absolute atomic E-state index is 0.465. The van der Waals surface area contributed by atoms with Crippen molar-refractivity contribution in [3.8, 4) is 0 Å². The Morgan fingerprint density at radius 2 is 1.89 bits per heavy atom. The van der Waals surface area contributed by atoms with Gasteiger partial charge in [-0.15, -0.1) is 0 Å². The van der Waals surface area contributed by atoms with Gasteiger partial charge in [-0.05, 0) is 19.4 Å². The standard InChI is InChI=1S/C7H18N2/c1-6(2)5-9-7(3)4-8/h6-7,9H,4-5,8H2,1-3H3/t7-/m1/s1. The van der Waals surface area contributed by atoms with Gasteiger partial charge in [0.2, 0.25) is 0 Å². The third-order valence-electron chi connectivity index (χ3n) is 1.23. The molecule has 3 N–H and O–H groups in total. The van der Waals surface area contributed by atoms with Gasteiger partial charge in [0.1, 0.15) is 0 Å². The Morgan fingerprint density at radius 3 is 2.22 bits per heavy atom. The summed E-state index contributed by atoms with van der Waals surface area (Å²) in [6, 6.07) is 0.465. The Hall–Kier alpha value is -0.0800. The highest BCUT2D eigenvalue weighted by atomic mass is 14.9. The van der Waals surface area contributed by atoms with Crippen LogP contribution >= 0.6 is 0 Å². The molecule has 0 aromatic rings. The van der Waals surface area contributed by atoms with E-state index in [1.54, 1.807) is 0 Å². The molecule has 0 bridgehead atoms. The maximum Gasteiger partial charge on any atom is 0.0162 e. The molecule has 1 atom stereocenters. The van der Waals surface area contributed by atoms with Crippen molar-refractivity contribution >= 4 is 0 Å². The maximum absolute atomic E-state index is 5.40. The van der Waals surface area contributed by atoms with Gasteiger partial charge >= 0.3 is 0 Å².